The summed E-state index contributed by atoms with van der Waals surface area (Å²) in [5.74, 6) is 0. The van der Waals surface area contributed by atoms with Gasteiger partial charge in [-0.25, -0.2) is 0 Å². The smallest absolute Gasteiger partial charge is 0.0737 e. The maximum atomic E-state index is 6.14. The summed E-state index contributed by atoms with van der Waals surface area (Å²) in [4.78, 5) is 7.00. The van der Waals surface area contributed by atoms with Crippen molar-refractivity contribution < 1.29 is 0 Å². The van der Waals surface area contributed by atoms with Crippen LogP contribution >= 0.6 is 11.6 Å². The van der Waals surface area contributed by atoms with Crippen LogP contribution in [0.15, 0.2) is 79.0 Å². The first kappa shape index (κ1) is 19.1. The highest BCUT2D eigenvalue weighted by molar-refractivity contribution is 6.31. The van der Waals surface area contributed by atoms with Gasteiger partial charge in [0.15, 0.2) is 0 Å². The number of hydrogen-bond donors (Lipinski definition) is 1. The zero-order chi connectivity index (χ0) is 20.3. The molecule has 0 amide bonds. The lowest BCUT2D eigenvalue weighted by molar-refractivity contribution is 0.332. The van der Waals surface area contributed by atoms with Crippen LogP contribution in [0.2, 0.25) is 5.02 Å². The van der Waals surface area contributed by atoms with Crippen molar-refractivity contribution in [3.63, 3.8) is 0 Å². The minimum absolute atomic E-state index is 0.701. The lowest BCUT2D eigenvalue weighted by Gasteiger charge is -2.19. The topological polar surface area (TPSA) is 28.2 Å². The van der Waals surface area contributed by atoms with Gasteiger partial charge in [0.1, 0.15) is 0 Å². The Labute approximate surface area is 182 Å². The van der Waals surface area contributed by atoms with Crippen LogP contribution in [-0.4, -0.2) is 23.0 Å². The molecule has 4 heteroatoms. The van der Waals surface area contributed by atoms with Crippen molar-refractivity contribution in [2.75, 3.05) is 18.4 Å². The van der Waals surface area contributed by atoms with Crippen LogP contribution < -0.4 is 5.32 Å². The number of likely N-dealkylation sites (tertiary alicyclic amines) is 1. The van der Waals surface area contributed by atoms with E-state index in [0.717, 1.165) is 28.8 Å². The molecule has 4 aromatic rings. The minimum atomic E-state index is 0.701. The molecule has 1 aliphatic heterocycles. The molecule has 0 spiro atoms. The van der Waals surface area contributed by atoms with Crippen LogP contribution in [0.5, 0.6) is 0 Å². The van der Waals surface area contributed by atoms with E-state index in [0.29, 0.717) is 5.02 Å². The molecule has 5 rings (SSSR count). The summed E-state index contributed by atoms with van der Waals surface area (Å²) >= 11 is 6.14. The number of benzene rings is 3. The number of fused-ring (bicyclic) bond motifs is 1. The van der Waals surface area contributed by atoms with Crippen LogP contribution in [0.1, 0.15) is 18.4 Å². The summed E-state index contributed by atoms with van der Waals surface area (Å²) in [6, 6.07) is 25.2. The first-order chi connectivity index (χ1) is 14.8. The Morgan fingerprint density at radius 1 is 0.900 bits per heavy atom. The summed E-state index contributed by atoms with van der Waals surface area (Å²) < 4.78 is 0. The Bertz CT molecular complexity index is 1170. The van der Waals surface area contributed by atoms with E-state index in [1.807, 2.05) is 30.5 Å². The largest absolute Gasteiger partial charge is 0.355 e. The van der Waals surface area contributed by atoms with Gasteiger partial charge in [0.25, 0.3) is 0 Å². The highest BCUT2D eigenvalue weighted by Crippen LogP contribution is 2.32. The van der Waals surface area contributed by atoms with Crippen molar-refractivity contribution in [2.24, 2.45) is 0 Å². The van der Waals surface area contributed by atoms with E-state index < -0.39 is 0 Å². The quantitative estimate of drug-likeness (QED) is 0.386. The summed E-state index contributed by atoms with van der Waals surface area (Å²) in [6.45, 7) is 3.34. The number of nitrogens with one attached hydrogen (secondary N) is 1. The average Bonchev–Trinajstić information content (AvgIpc) is 3.28. The van der Waals surface area contributed by atoms with Crippen molar-refractivity contribution in [1.29, 1.82) is 0 Å². The summed E-state index contributed by atoms with van der Waals surface area (Å²) in [7, 11) is 0. The van der Waals surface area contributed by atoms with Gasteiger partial charge in [-0.1, -0.05) is 48.0 Å². The van der Waals surface area contributed by atoms with E-state index in [2.05, 4.69) is 63.7 Å². The molecule has 30 heavy (non-hydrogen) atoms. The molecular weight excluding hydrogens is 390 g/mol. The normalized spacial score (nSPS) is 14.3. The van der Waals surface area contributed by atoms with Gasteiger partial charge in [-0.3, -0.25) is 9.88 Å². The lowest BCUT2D eigenvalue weighted by atomic mass is 9.98. The third-order valence-corrected chi connectivity index (χ3v) is 6.00. The predicted molar refractivity (Wildman–Crippen MR) is 126 cm³/mol. The second-order valence-corrected chi connectivity index (χ2v) is 8.30. The Balaban J connectivity index is 1.51. The minimum Gasteiger partial charge on any atom is -0.355 e. The monoisotopic (exact) mass is 413 g/mol. The van der Waals surface area contributed by atoms with Crippen LogP contribution in [0.25, 0.3) is 22.0 Å². The van der Waals surface area contributed by atoms with Gasteiger partial charge in [-0.15, -0.1) is 0 Å². The van der Waals surface area contributed by atoms with E-state index in [9.17, 15) is 0 Å². The zero-order valence-corrected chi connectivity index (χ0v) is 17.6. The molecule has 150 valence electrons. The molecule has 2 heterocycles. The van der Waals surface area contributed by atoms with Gasteiger partial charge in [-0.05, 0) is 79.0 Å². The van der Waals surface area contributed by atoms with Gasteiger partial charge in [0, 0.05) is 34.5 Å². The molecule has 0 aliphatic carbocycles. The first-order valence-electron chi connectivity index (χ1n) is 10.5. The fraction of sp³-hybridized carbons (Fsp3) is 0.192. The van der Waals surface area contributed by atoms with Crippen molar-refractivity contribution in [1.82, 2.24) is 9.88 Å². The summed E-state index contributed by atoms with van der Waals surface area (Å²) in [5.41, 5.74) is 6.95. The van der Waals surface area contributed by atoms with Crippen molar-refractivity contribution in [3.05, 3.63) is 89.6 Å². The van der Waals surface area contributed by atoms with Gasteiger partial charge in [-0.2, -0.15) is 0 Å². The fourth-order valence-corrected chi connectivity index (χ4v) is 4.44. The number of nitrogens with zero attached hydrogens (tertiary/aromatic N) is 2. The molecule has 3 nitrogen and oxygen atoms in total. The van der Waals surface area contributed by atoms with E-state index in [4.69, 9.17) is 11.6 Å². The Morgan fingerprint density at radius 3 is 2.57 bits per heavy atom. The van der Waals surface area contributed by atoms with Gasteiger partial charge < -0.3 is 5.32 Å². The molecule has 1 N–H and O–H groups in total. The van der Waals surface area contributed by atoms with Gasteiger partial charge in [0.05, 0.1) is 5.52 Å². The summed E-state index contributed by atoms with van der Waals surface area (Å²) in [5, 5.41) is 5.37. The van der Waals surface area contributed by atoms with Crippen LogP contribution in [-0.2, 0) is 6.54 Å². The summed E-state index contributed by atoms with van der Waals surface area (Å²) in [6.07, 6.45) is 4.42. The van der Waals surface area contributed by atoms with E-state index in [1.165, 1.54) is 42.6 Å². The Kier molecular flexibility index (Phi) is 5.39. The third-order valence-electron chi connectivity index (χ3n) is 5.77. The van der Waals surface area contributed by atoms with Crippen LogP contribution in [0, 0.1) is 0 Å². The van der Waals surface area contributed by atoms with E-state index >= 15 is 0 Å². The second-order valence-electron chi connectivity index (χ2n) is 7.87. The van der Waals surface area contributed by atoms with E-state index in [-0.39, 0.29) is 0 Å². The SMILES string of the molecule is Clc1ccc2c(Nc3ccc(-c4ccccc4)c(CN4CCCC4)c3)ccnc2c1. The molecule has 1 fully saturated rings. The predicted octanol–water partition coefficient (Wildman–Crippen LogP) is 6.89. The number of aromatic nitrogens is 1. The highest BCUT2D eigenvalue weighted by Gasteiger charge is 2.15. The maximum Gasteiger partial charge on any atom is 0.0737 e. The van der Waals surface area contributed by atoms with Crippen molar-refractivity contribution in [2.45, 2.75) is 19.4 Å². The molecule has 0 atom stereocenters. The molecule has 0 unspecified atom stereocenters. The number of halogens is 1. The zero-order valence-electron chi connectivity index (χ0n) is 16.8. The molecule has 3 aromatic carbocycles. The highest BCUT2D eigenvalue weighted by atomic mass is 35.5. The van der Waals surface area contributed by atoms with Crippen LogP contribution in [0.3, 0.4) is 0 Å². The number of anilines is 2. The van der Waals surface area contributed by atoms with Gasteiger partial charge >= 0.3 is 0 Å². The average molecular weight is 414 g/mol. The molecule has 0 radical (unpaired) electrons. The molecule has 0 bridgehead atoms. The third kappa shape index (κ3) is 4.04. The van der Waals surface area contributed by atoms with Crippen molar-refractivity contribution >= 4 is 33.9 Å². The van der Waals surface area contributed by atoms with Crippen LogP contribution in [0.4, 0.5) is 11.4 Å². The number of rotatable bonds is 5. The number of hydrogen-bond acceptors (Lipinski definition) is 3. The standard InChI is InChI=1S/C26H24ClN3/c27-21-8-10-24-25(12-13-28-26(24)17-21)29-22-9-11-23(19-6-2-1-3-7-19)20(16-22)18-30-14-4-5-15-30/h1-3,6-13,16-17H,4-5,14-15,18H2,(H,28,29). The number of pyridine rings is 1. The van der Waals surface area contributed by atoms with Crippen molar-refractivity contribution in [3.8, 4) is 11.1 Å². The molecule has 1 saturated heterocycles. The van der Waals surface area contributed by atoms with Gasteiger partial charge in [0.2, 0.25) is 0 Å². The van der Waals surface area contributed by atoms with E-state index in [1.54, 1.807) is 0 Å². The second kappa shape index (κ2) is 8.47. The molecule has 0 saturated carbocycles. The maximum absolute atomic E-state index is 6.14. The molecular formula is C26H24ClN3. The first-order valence-corrected chi connectivity index (χ1v) is 10.9. The Morgan fingerprint density at radius 2 is 1.73 bits per heavy atom. The molecule has 1 aliphatic rings. The Hall–Kier alpha value is -2.88. The lowest BCUT2D eigenvalue weighted by Crippen LogP contribution is -2.19. The fourth-order valence-electron chi connectivity index (χ4n) is 4.27. The molecule has 1 aromatic heterocycles.